The summed E-state index contributed by atoms with van der Waals surface area (Å²) in [4.78, 5) is 0. The van der Waals surface area contributed by atoms with Crippen LogP contribution in [0.4, 0.5) is 0 Å². The predicted octanol–water partition coefficient (Wildman–Crippen LogP) is 14.6. The Bertz CT molecular complexity index is 4030. The molecule has 0 aliphatic carbocycles. The molecule has 4 heterocycles. The number of para-hydroxylation sites is 4. The quantitative estimate of drug-likeness (QED) is 0.166. The lowest BCUT2D eigenvalue weighted by Crippen LogP contribution is -1.99. The van der Waals surface area contributed by atoms with Gasteiger partial charge in [-0.2, -0.15) is 0 Å². The van der Waals surface area contributed by atoms with E-state index in [4.69, 9.17) is 4.42 Å². The Hall–Kier alpha value is -7.82. The molecule has 10 aromatic carbocycles. The summed E-state index contributed by atoms with van der Waals surface area (Å²) in [6.45, 7) is 0. The van der Waals surface area contributed by atoms with Gasteiger partial charge in [0, 0.05) is 60.5 Å². The third-order valence-corrected chi connectivity index (χ3v) is 12.7. The highest BCUT2D eigenvalue weighted by atomic mass is 16.3. The van der Waals surface area contributed by atoms with Crippen LogP contribution in [0.3, 0.4) is 0 Å². The Morgan fingerprint density at radius 3 is 1.45 bits per heavy atom. The molecule has 0 bridgehead atoms. The summed E-state index contributed by atoms with van der Waals surface area (Å²) in [5.74, 6) is 0. The second-order valence-corrected chi connectivity index (χ2v) is 15.6. The average molecular weight is 738 g/mol. The fraction of sp³-hybridized carbons (Fsp3) is 0. The first-order valence-corrected chi connectivity index (χ1v) is 19.9. The maximum Gasteiger partial charge on any atom is 0.138 e. The predicted molar refractivity (Wildman–Crippen MR) is 243 cm³/mol. The number of rotatable bonds is 3. The van der Waals surface area contributed by atoms with Crippen LogP contribution in [-0.2, 0) is 0 Å². The molecular weight excluding hydrogens is 707 g/mol. The van der Waals surface area contributed by atoms with E-state index in [9.17, 15) is 0 Å². The highest BCUT2D eigenvalue weighted by Gasteiger charge is 2.23. The summed E-state index contributed by atoms with van der Waals surface area (Å²) in [5.41, 5.74) is 12.3. The van der Waals surface area contributed by atoms with E-state index in [0.29, 0.717) is 0 Å². The molecule has 0 aliphatic rings. The molecule has 0 saturated carbocycles. The zero-order valence-electron chi connectivity index (χ0n) is 31.1. The largest absolute Gasteiger partial charge is 0.456 e. The minimum Gasteiger partial charge on any atom is -0.456 e. The lowest BCUT2D eigenvalue weighted by atomic mass is 9.94. The Morgan fingerprint density at radius 2 is 0.759 bits per heavy atom. The molecule has 14 aromatic rings. The van der Waals surface area contributed by atoms with Gasteiger partial charge in [-0.1, -0.05) is 121 Å². The van der Waals surface area contributed by atoms with Gasteiger partial charge in [0.2, 0.25) is 0 Å². The van der Waals surface area contributed by atoms with Crippen molar-refractivity contribution < 1.29 is 4.42 Å². The number of benzene rings is 10. The van der Waals surface area contributed by atoms with E-state index in [0.717, 1.165) is 39.3 Å². The first kappa shape index (κ1) is 30.4. The summed E-state index contributed by atoms with van der Waals surface area (Å²) in [6, 6.07) is 68.7. The van der Waals surface area contributed by atoms with Crippen LogP contribution in [0.5, 0.6) is 0 Å². The highest BCUT2D eigenvalue weighted by Crippen LogP contribution is 2.46. The lowest BCUT2D eigenvalue weighted by molar-refractivity contribution is 0.669. The van der Waals surface area contributed by atoms with Crippen LogP contribution in [0.1, 0.15) is 0 Å². The van der Waals surface area contributed by atoms with E-state index in [-0.39, 0.29) is 0 Å². The second-order valence-electron chi connectivity index (χ2n) is 15.6. The molecule has 0 fully saturated rings. The Morgan fingerprint density at radius 1 is 0.259 bits per heavy atom. The highest BCUT2D eigenvalue weighted by molar-refractivity contribution is 6.33. The monoisotopic (exact) mass is 737 g/mol. The summed E-state index contributed by atoms with van der Waals surface area (Å²) in [5, 5.41) is 14.7. The van der Waals surface area contributed by atoms with Crippen molar-refractivity contribution in [2.24, 2.45) is 0 Å². The van der Waals surface area contributed by atoms with Gasteiger partial charge in [0.15, 0.2) is 0 Å². The van der Waals surface area contributed by atoms with E-state index in [2.05, 4.69) is 202 Å². The Kier molecular flexibility index (Phi) is 5.73. The summed E-state index contributed by atoms with van der Waals surface area (Å²) >= 11 is 0. The molecule has 0 aliphatic heterocycles. The van der Waals surface area contributed by atoms with Crippen molar-refractivity contribution >= 4 is 109 Å². The molecule has 0 amide bonds. The van der Waals surface area contributed by atoms with E-state index < -0.39 is 0 Å². The zero-order valence-corrected chi connectivity index (χ0v) is 31.1. The Balaban J connectivity index is 1.09. The van der Waals surface area contributed by atoms with Gasteiger partial charge < -0.3 is 18.1 Å². The van der Waals surface area contributed by atoms with Gasteiger partial charge in [-0.15, -0.1) is 0 Å². The molecular formula is C54H31N3O. The molecule has 4 aromatic heterocycles. The van der Waals surface area contributed by atoms with Crippen molar-refractivity contribution in [2.45, 2.75) is 0 Å². The first-order valence-electron chi connectivity index (χ1n) is 19.9. The van der Waals surface area contributed by atoms with Crippen LogP contribution in [0.15, 0.2) is 192 Å². The van der Waals surface area contributed by atoms with Gasteiger partial charge in [0.25, 0.3) is 0 Å². The van der Waals surface area contributed by atoms with E-state index in [1.165, 1.54) is 86.7 Å². The third-order valence-electron chi connectivity index (χ3n) is 12.7. The van der Waals surface area contributed by atoms with Crippen molar-refractivity contribution in [1.82, 2.24) is 13.7 Å². The van der Waals surface area contributed by atoms with Crippen LogP contribution >= 0.6 is 0 Å². The summed E-state index contributed by atoms with van der Waals surface area (Å²) in [6.07, 6.45) is 0. The lowest BCUT2D eigenvalue weighted by Gasteiger charge is -2.14. The van der Waals surface area contributed by atoms with Gasteiger partial charge in [-0.05, 0) is 82.2 Å². The molecule has 0 N–H and O–H groups in total. The summed E-state index contributed by atoms with van der Waals surface area (Å²) in [7, 11) is 0. The Labute approximate surface area is 330 Å². The van der Waals surface area contributed by atoms with Crippen LogP contribution in [0.25, 0.3) is 126 Å². The zero-order chi connectivity index (χ0) is 37.6. The number of aromatic nitrogens is 3. The second kappa shape index (κ2) is 10.9. The minimum atomic E-state index is 0.912. The van der Waals surface area contributed by atoms with E-state index in [1.807, 2.05) is 0 Å². The standard InChI is InChI=1S/C54H31N3O/c1-2-13-32(14-3-1)56-46-22-10-6-17-37(46)41-26-27-42-38-18-7-11-23-47(38)57(54(42)53(41)56)33-25-28-48-43(29-33)39-19-8-9-21-45(39)55(48)34-30-44-36-16-5-4-15-35(36)40-20-12-24-49-51(40)52(44)50(31-34)58-49/h1-31H. The topological polar surface area (TPSA) is 27.9 Å². The smallest absolute Gasteiger partial charge is 0.138 e. The third kappa shape index (κ3) is 3.79. The molecule has 4 nitrogen and oxygen atoms in total. The van der Waals surface area contributed by atoms with Crippen molar-refractivity contribution in [3.05, 3.63) is 188 Å². The summed E-state index contributed by atoms with van der Waals surface area (Å²) < 4.78 is 14.1. The van der Waals surface area contributed by atoms with Crippen LogP contribution in [-0.4, -0.2) is 13.7 Å². The molecule has 14 rings (SSSR count). The SMILES string of the molecule is c1ccc(-n2c3ccccc3c3ccc4c5ccccc5n(-c5ccc6c(c5)c5ccccc5n6-c5cc6oc7cccc8c9ccccc9c(c5)c6c78)c4c32)cc1. The molecule has 58 heavy (non-hydrogen) atoms. The van der Waals surface area contributed by atoms with E-state index in [1.54, 1.807) is 0 Å². The molecule has 0 radical (unpaired) electrons. The van der Waals surface area contributed by atoms with Crippen LogP contribution in [0, 0.1) is 0 Å². The minimum absolute atomic E-state index is 0.912. The van der Waals surface area contributed by atoms with Gasteiger partial charge in [0.1, 0.15) is 11.2 Å². The van der Waals surface area contributed by atoms with Crippen molar-refractivity contribution in [3.63, 3.8) is 0 Å². The fourth-order valence-corrected chi connectivity index (χ4v) is 10.4. The van der Waals surface area contributed by atoms with Crippen molar-refractivity contribution in [1.29, 1.82) is 0 Å². The van der Waals surface area contributed by atoms with E-state index >= 15 is 0 Å². The van der Waals surface area contributed by atoms with Crippen molar-refractivity contribution in [3.8, 4) is 17.1 Å². The number of nitrogens with zero attached hydrogens (tertiary/aromatic N) is 3. The van der Waals surface area contributed by atoms with Crippen LogP contribution in [0.2, 0.25) is 0 Å². The van der Waals surface area contributed by atoms with Crippen molar-refractivity contribution in [2.75, 3.05) is 0 Å². The van der Waals surface area contributed by atoms with Crippen LogP contribution < -0.4 is 0 Å². The molecule has 0 saturated heterocycles. The molecule has 0 unspecified atom stereocenters. The first-order chi connectivity index (χ1) is 28.8. The number of fused-ring (bicyclic) bond motifs is 13. The number of hydrogen-bond donors (Lipinski definition) is 0. The maximum absolute atomic E-state index is 6.68. The average Bonchev–Trinajstić information content (AvgIpc) is 4.02. The number of furan rings is 1. The molecule has 268 valence electrons. The number of hydrogen-bond acceptors (Lipinski definition) is 1. The molecule has 0 atom stereocenters. The molecule has 4 heteroatoms. The normalized spacial score (nSPS) is 12.5. The van der Waals surface area contributed by atoms with Gasteiger partial charge in [-0.3, -0.25) is 0 Å². The van der Waals surface area contributed by atoms with Gasteiger partial charge in [-0.25, -0.2) is 0 Å². The van der Waals surface area contributed by atoms with Gasteiger partial charge in [0.05, 0.1) is 38.8 Å². The van der Waals surface area contributed by atoms with Gasteiger partial charge >= 0.3 is 0 Å². The molecule has 0 spiro atoms. The maximum atomic E-state index is 6.68. The fourth-order valence-electron chi connectivity index (χ4n) is 10.4.